The maximum atomic E-state index is 13.6. The first-order valence-electron chi connectivity index (χ1n) is 12.9. The molecule has 39 heavy (non-hydrogen) atoms. The third-order valence-electron chi connectivity index (χ3n) is 6.33. The number of ether oxygens (including phenoxy) is 2. The molecule has 0 spiro atoms. The topological polar surface area (TPSA) is 157 Å². The number of esters is 1. The lowest BCUT2D eigenvalue weighted by Gasteiger charge is -2.33. The molecular formula is C27H39FN4O7. The molecule has 0 bridgehead atoms. The highest BCUT2D eigenvalue weighted by atomic mass is 19.1. The Morgan fingerprint density at radius 2 is 1.79 bits per heavy atom. The monoisotopic (exact) mass is 550 g/mol. The minimum Gasteiger partial charge on any atom is -0.444 e. The van der Waals surface area contributed by atoms with Gasteiger partial charge in [0.15, 0.2) is 0 Å². The number of carbonyl (C=O) groups excluding carboxylic acids is 5. The van der Waals surface area contributed by atoms with Gasteiger partial charge < -0.3 is 30.7 Å². The van der Waals surface area contributed by atoms with Gasteiger partial charge in [0.05, 0.1) is 12.3 Å². The predicted molar refractivity (Wildman–Crippen MR) is 140 cm³/mol. The molecular weight excluding hydrogens is 511 g/mol. The molecule has 1 aliphatic rings. The van der Waals surface area contributed by atoms with Gasteiger partial charge in [0.2, 0.25) is 24.6 Å². The van der Waals surface area contributed by atoms with E-state index in [1.807, 2.05) is 6.07 Å². The van der Waals surface area contributed by atoms with Crippen LogP contribution in [0.1, 0.15) is 58.4 Å². The number of nitrogens with one attached hydrogen (secondary N) is 2. The first-order valence-corrected chi connectivity index (χ1v) is 12.9. The number of primary amides is 1. The van der Waals surface area contributed by atoms with Crippen molar-refractivity contribution in [2.75, 3.05) is 13.9 Å². The van der Waals surface area contributed by atoms with Gasteiger partial charge in [-0.15, -0.1) is 0 Å². The normalized spacial score (nSPS) is 18.7. The van der Waals surface area contributed by atoms with Gasteiger partial charge in [-0.1, -0.05) is 36.8 Å². The van der Waals surface area contributed by atoms with E-state index >= 15 is 0 Å². The van der Waals surface area contributed by atoms with Gasteiger partial charge in [0.25, 0.3) is 0 Å². The SMILES string of the molecule is CN(C(=O)[C@@H](Cc1ccccc1)NC(=O)OC(C)(C)C)[C@@H](CC(N)=O)C(=O)N[C@@H]1CCC[C@H](C(=O)OCF)C1. The summed E-state index contributed by atoms with van der Waals surface area (Å²) in [6.07, 6.45) is 0.741. The van der Waals surface area contributed by atoms with Gasteiger partial charge in [-0.3, -0.25) is 19.2 Å². The second kappa shape index (κ2) is 14.5. The largest absolute Gasteiger partial charge is 0.444 e. The second-order valence-corrected chi connectivity index (χ2v) is 10.7. The number of rotatable bonds is 11. The fourth-order valence-electron chi connectivity index (χ4n) is 4.50. The van der Waals surface area contributed by atoms with E-state index in [1.165, 1.54) is 7.05 Å². The number of likely N-dealkylation sites (N-methyl/N-ethyl adjacent to an activating group) is 1. The summed E-state index contributed by atoms with van der Waals surface area (Å²) in [5, 5.41) is 5.37. The van der Waals surface area contributed by atoms with Crippen molar-refractivity contribution in [2.24, 2.45) is 11.7 Å². The van der Waals surface area contributed by atoms with Crippen molar-refractivity contribution in [3.63, 3.8) is 0 Å². The van der Waals surface area contributed by atoms with E-state index < -0.39 is 72.7 Å². The second-order valence-electron chi connectivity index (χ2n) is 10.7. The summed E-state index contributed by atoms with van der Waals surface area (Å²) in [5.41, 5.74) is 5.35. The number of carbonyl (C=O) groups is 5. The summed E-state index contributed by atoms with van der Waals surface area (Å²) < 4.78 is 22.2. The summed E-state index contributed by atoms with van der Waals surface area (Å²) in [6.45, 7) is 3.84. The highest BCUT2D eigenvalue weighted by Gasteiger charge is 2.36. The first-order chi connectivity index (χ1) is 18.3. The zero-order valence-corrected chi connectivity index (χ0v) is 22.9. The smallest absolute Gasteiger partial charge is 0.408 e. The lowest BCUT2D eigenvalue weighted by atomic mass is 9.85. The molecule has 12 heteroatoms. The van der Waals surface area contributed by atoms with Crippen LogP contribution in [0.15, 0.2) is 30.3 Å². The van der Waals surface area contributed by atoms with Gasteiger partial charge >= 0.3 is 12.1 Å². The number of nitrogens with zero attached hydrogens (tertiary/aromatic N) is 1. The van der Waals surface area contributed by atoms with E-state index in [0.29, 0.717) is 19.3 Å². The van der Waals surface area contributed by atoms with Gasteiger partial charge in [-0.2, -0.15) is 0 Å². The maximum absolute atomic E-state index is 13.6. The number of halogens is 1. The van der Waals surface area contributed by atoms with Crippen LogP contribution in [-0.4, -0.2) is 72.3 Å². The van der Waals surface area contributed by atoms with Crippen molar-refractivity contribution in [1.82, 2.24) is 15.5 Å². The Balaban J connectivity index is 2.21. The Hall–Kier alpha value is -3.70. The van der Waals surface area contributed by atoms with E-state index in [-0.39, 0.29) is 12.8 Å². The summed E-state index contributed by atoms with van der Waals surface area (Å²) in [5.74, 6) is -3.30. The van der Waals surface area contributed by atoms with Crippen LogP contribution < -0.4 is 16.4 Å². The summed E-state index contributed by atoms with van der Waals surface area (Å²) in [7, 11) is 1.35. The van der Waals surface area contributed by atoms with Crippen molar-refractivity contribution in [3.8, 4) is 0 Å². The molecule has 0 unspecified atom stereocenters. The number of alkyl carbamates (subject to hydrolysis) is 1. The van der Waals surface area contributed by atoms with Crippen LogP contribution >= 0.6 is 0 Å². The summed E-state index contributed by atoms with van der Waals surface area (Å²) >= 11 is 0. The highest BCUT2D eigenvalue weighted by molar-refractivity contribution is 5.94. The minimum atomic E-state index is -1.27. The lowest BCUT2D eigenvalue weighted by Crippen LogP contribution is -2.57. The van der Waals surface area contributed by atoms with Crippen molar-refractivity contribution in [3.05, 3.63) is 35.9 Å². The quantitative estimate of drug-likeness (QED) is 0.356. The van der Waals surface area contributed by atoms with Crippen LogP contribution in [-0.2, 0) is 35.1 Å². The van der Waals surface area contributed by atoms with E-state index in [4.69, 9.17) is 10.5 Å². The lowest BCUT2D eigenvalue weighted by molar-refractivity contribution is -0.154. The molecule has 1 fully saturated rings. The molecule has 1 aromatic carbocycles. The number of benzene rings is 1. The fraction of sp³-hybridized carbons (Fsp3) is 0.593. The molecule has 1 saturated carbocycles. The van der Waals surface area contributed by atoms with Crippen molar-refractivity contribution >= 4 is 29.8 Å². The van der Waals surface area contributed by atoms with E-state index in [2.05, 4.69) is 15.4 Å². The van der Waals surface area contributed by atoms with E-state index in [9.17, 15) is 28.4 Å². The molecule has 0 radical (unpaired) electrons. The van der Waals surface area contributed by atoms with Gasteiger partial charge in [-0.05, 0) is 45.6 Å². The van der Waals surface area contributed by atoms with Gasteiger partial charge in [0.1, 0.15) is 17.7 Å². The maximum Gasteiger partial charge on any atom is 0.408 e. The van der Waals surface area contributed by atoms with Crippen LogP contribution in [0.4, 0.5) is 9.18 Å². The average molecular weight is 551 g/mol. The summed E-state index contributed by atoms with van der Waals surface area (Å²) in [6, 6.07) is 6.15. The van der Waals surface area contributed by atoms with Gasteiger partial charge in [-0.25, -0.2) is 9.18 Å². The Bertz CT molecular complexity index is 1020. The summed E-state index contributed by atoms with van der Waals surface area (Å²) in [4.78, 5) is 64.4. The molecule has 4 N–H and O–H groups in total. The van der Waals surface area contributed by atoms with Crippen LogP contribution in [0.2, 0.25) is 0 Å². The first kappa shape index (κ1) is 31.5. The molecule has 2 rings (SSSR count). The molecule has 0 aromatic heterocycles. The molecule has 1 aliphatic carbocycles. The van der Waals surface area contributed by atoms with Crippen molar-refractivity contribution in [2.45, 2.75) is 83.0 Å². The molecule has 216 valence electrons. The predicted octanol–water partition coefficient (Wildman–Crippen LogP) is 1.97. The number of amides is 4. The average Bonchev–Trinajstić information content (AvgIpc) is 2.85. The Kier molecular flexibility index (Phi) is 11.7. The van der Waals surface area contributed by atoms with Crippen molar-refractivity contribution < 1.29 is 37.8 Å². The molecule has 4 atom stereocenters. The Labute approximate surface area is 227 Å². The molecule has 11 nitrogen and oxygen atoms in total. The third kappa shape index (κ3) is 10.5. The molecule has 0 saturated heterocycles. The molecule has 1 aromatic rings. The Morgan fingerprint density at radius 1 is 1.13 bits per heavy atom. The Morgan fingerprint density at radius 3 is 2.38 bits per heavy atom. The number of hydrogen-bond acceptors (Lipinski definition) is 7. The molecule has 0 aliphatic heterocycles. The molecule has 4 amide bonds. The van der Waals surface area contributed by atoms with Crippen LogP contribution in [0, 0.1) is 5.92 Å². The third-order valence-corrected chi connectivity index (χ3v) is 6.33. The fourth-order valence-corrected chi connectivity index (χ4v) is 4.50. The van der Waals surface area contributed by atoms with E-state index in [0.717, 1.165) is 10.5 Å². The van der Waals surface area contributed by atoms with E-state index in [1.54, 1.807) is 45.0 Å². The highest BCUT2D eigenvalue weighted by Crippen LogP contribution is 2.26. The standard InChI is InChI=1S/C27H39FN4O7/c1-27(2,3)39-26(37)31-20(13-17-9-6-5-7-10-17)24(35)32(4)21(15-22(29)33)23(34)30-19-12-8-11-18(14-19)25(36)38-16-28/h5-7,9-10,18-21H,8,11-16H2,1-4H3,(H2,29,33)(H,30,34)(H,31,37)/t18-,19+,20+,21-/m0/s1. The van der Waals surface area contributed by atoms with Crippen molar-refractivity contribution in [1.29, 1.82) is 0 Å². The van der Waals surface area contributed by atoms with Crippen LogP contribution in [0.5, 0.6) is 0 Å². The van der Waals surface area contributed by atoms with Crippen LogP contribution in [0.25, 0.3) is 0 Å². The number of alkyl halides is 1. The zero-order chi connectivity index (χ0) is 29.2. The number of nitrogens with two attached hydrogens (primary N) is 1. The van der Waals surface area contributed by atoms with Gasteiger partial charge in [0, 0.05) is 19.5 Å². The zero-order valence-electron chi connectivity index (χ0n) is 22.9. The van der Waals surface area contributed by atoms with Crippen LogP contribution in [0.3, 0.4) is 0 Å². The molecule has 0 heterocycles. The number of hydrogen-bond donors (Lipinski definition) is 3. The minimum absolute atomic E-state index is 0.106.